The van der Waals surface area contributed by atoms with E-state index >= 15 is 0 Å². The number of hydrogen-bond acceptors (Lipinski definition) is 6. The van der Waals surface area contributed by atoms with E-state index in [0.717, 1.165) is 83.8 Å². The van der Waals surface area contributed by atoms with E-state index in [-0.39, 0.29) is 18.5 Å². The molecule has 0 fully saturated rings. The van der Waals surface area contributed by atoms with Crippen LogP contribution in [0, 0.1) is 5.41 Å². The molecular weight excluding hydrogens is 586 g/mol. The molecule has 0 unspecified atom stereocenters. The summed E-state index contributed by atoms with van der Waals surface area (Å²) in [6.45, 7) is 12.9. The molecule has 0 aromatic carbocycles. The summed E-state index contributed by atoms with van der Waals surface area (Å²) in [7, 11) is 0. The van der Waals surface area contributed by atoms with Gasteiger partial charge in [0.05, 0.1) is 13.2 Å². The van der Waals surface area contributed by atoms with Crippen molar-refractivity contribution in [2.75, 3.05) is 39.5 Å². The SMILES string of the molecule is CCCCCCCCCCN(CCCO)CCCCCCC(CCC)(C(=O)OCCCCCCCC)C(=O)OCCCCCCCC. The molecule has 0 aliphatic rings. The van der Waals surface area contributed by atoms with Gasteiger partial charge in [0.25, 0.3) is 0 Å². The highest BCUT2D eigenvalue weighted by atomic mass is 16.6. The summed E-state index contributed by atoms with van der Waals surface area (Å²) in [4.78, 5) is 29.7. The van der Waals surface area contributed by atoms with E-state index in [9.17, 15) is 14.7 Å². The third-order valence-corrected chi connectivity index (χ3v) is 9.71. The minimum Gasteiger partial charge on any atom is -0.465 e. The number of esters is 2. The van der Waals surface area contributed by atoms with Crippen LogP contribution in [0.15, 0.2) is 0 Å². The monoisotopic (exact) mass is 668 g/mol. The van der Waals surface area contributed by atoms with Crippen molar-refractivity contribution in [1.29, 1.82) is 0 Å². The van der Waals surface area contributed by atoms with Gasteiger partial charge in [-0.15, -0.1) is 0 Å². The fourth-order valence-corrected chi connectivity index (χ4v) is 6.63. The highest BCUT2D eigenvalue weighted by Gasteiger charge is 2.47. The number of rotatable bonds is 37. The Morgan fingerprint density at radius 2 is 0.809 bits per heavy atom. The maximum absolute atomic E-state index is 13.6. The zero-order chi connectivity index (χ0) is 34.7. The average Bonchev–Trinajstić information content (AvgIpc) is 3.07. The number of carbonyl (C=O) groups is 2. The molecule has 0 aromatic heterocycles. The number of aliphatic hydroxyl groups excluding tert-OH is 1. The molecule has 0 aliphatic carbocycles. The van der Waals surface area contributed by atoms with Crippen molar-refractivity contribution in [2.45, 2.75) is 207 Å². The van der Waals surface area contributed by atoms with Crippen LogP contribution < -0.4 is 0 Å². The van der Waals surface area contributed by atoms with Crippen molar-refractivity contribution < 1.29 is 24.2 Å². The molecule has 0 aromatic rings. The van der Waals surface area contributed by atoms with Crippen LogP contribution in [0.1, 0.15) is 207 Å². The number of carbonyl (C=O) groups excluding carboxylic acids is 2. The fourth-order valence-electron chi connectivity index (χ4n) is 6.63. The van der Waals surface area contributed by atoms with E-state index in [1.807, 2.05) is 6.92 Å². The van der Waals surface area contributed by atoms with Crippen LogP contribution in [0.3, 0.4) is 0 Å². The van der Waals surface area contributed by atoms with Crippen molar-refractivity contribution >= 4 is 11.9 Å². The molecule has 0 spiro atoms. The van der Waals surface area contributed by atoms with Gasteiger partial charge in [-0.3, -0.25) is 9.59 Å². The van der Waals surface area contributed by atoms with Crippen molar-refractivity contribution in [3.05, 3.63) is 0 Å². The maximum Gasteiger partial charge on any atom is 0.323 e. The number of hydrogen-bond donors (Lipinski definition) is 1. The van der Waals surface area contributed by atoms with E-state index in [4.69, 9.17) is 9.47 Å². The largest absolute Gasteiger partial charge is 0.465 e. The molecule has 0 radical (unpaired) electrons. The van der Waals surface area contributed by atoms with E-state index in [1.54, 1.807) is 0 Å². The lowest BCUT2D eigenvalue weighted by Crippen LogP contribution is -2.42. The molecule has 0 amide bonds. The molecule has 280 valence electrons. The molecule has 0 heterocycles. The van der Waals surface area contributed by atoms with Gasteiger partial charge in [0.2, 0.25) is 0 Å². The topological polar surface area (TPSA) is 76.1 Å². The number of aliphatic hydroxyl groups is 1. The third-order valence-electron chi connectivity index (χ3n) is 9.71. The van der Waals surface area contributed by atoms with Gasteiger partial charge in [-0.25, -0.2) is 0 Å². The zero-order valence-electron chi connectivity index (χ0n) is 32.1. The van der Waals surface area contributed by atoms with Crippen LogP contribution in [-0.2, 0) is 19.1 Å². The summed E-state index contributed by atoms with van der Waals surface area (Å²) in [5, 5.41) is 9.40. The first-order chi connectivity index (χ1) is 23.0. The highest BCUT2D eigenvalue weighted by molar-refractivity contribution is 6.00. The van der Waals surface area contributed by atoms with Crippen molar-refractivity contribution in [3.8, 4) is 0 Å². The zero-order valence-corrected chi connectivity index (χ0v) is 32.1. The first kappa shape index (κ1) is 45.9. The standard InChI is InChI=1S/C41H81NO5/c1-5-9-12-15-18-19-21-26-33-42(35-30-36-43)34-27-22-20-25-32-41(31-8-4,39(44)46-37-28-23-16-13-10-6-2)40(45)47-38-29-24-17-14-11-7-3/h43H,5-38H2,1-4H3. The Bertz CT molecular complexity index is 655. The summed E-state index contributed by atoms with van der Waals surface area (Å²) >= 11 is 0. The number of nitrogens with zero attached hydrogens (tertiary/aromatic N) is 1. The van der Waals surface area contributed by atoms with Gasteiger partial charge in [-0.1, -0.05) is 163 Å². The Morgan fingerprint density at radius 3 is 1.21 bits per heavy atom. The van der Waals surface area contributed by atoms with Crippen molar-refractivity contribution in [3.63, 3.8) is 0 Å². The summed E-state index contributed by atoms with van der Waals surface area (Å²) < 4.78 is 11.6. The van der Waals surface area contributed by atoms with Gasteiger partial charge in [0.1, 0.15) is 0 Å². The quantitative estimate of drug-likeness (QED) is 0.0404. The second-order valence-electron chi connectivity index (χ2n) is 14.2. The summed E-state index contributed by atoms with van der Waals surface area (Å²) in [6, 6.07) is 0. The van der Waals surface area contributed by atoms with Crippen LogP contribution in [0.4, 0.5) is 0 Å². The van der Waals surface area contributed by atoms with Crippen LogP contribution in [0.5, 0.6) is 0 Å². The fraction of sp³-hybridized carbons (Fsp3) is 0.951. The first-order valence-electron chi connectivity index (χ1n) is 20.7. The van der Waals surface area contributed by atoms with Crippen LogP contribution in [-0.4, -0.2) is 61.4 Å². The molecule has 47 heavy (non-hydrogen) atoms. The molecule has 0 saturated heterocycles. The summed E-state index contributed by atoms with van der Waals surface area (Å²) in [6.07, 6.45) is 30.8. The van der Waals surface area contributed by atoms with Gasteiger partial charge < -0.3 is 19.5 Å². The summed E-state index contributed by atoms with van der Waals surface area (Å²) in [5.74, 6) is -0.720. The minimum absolute atomic E-state index is 0.247. The Kier molecular flexibility index (Phi) is 33.9. The van der Waals surface area contributed by atoms with Gasteiger partial charge in [-0.05, 0) is 58.0 Å². The van der Waals surface area contributed by atoms with Crippen molar-refractivity contribution in [2.24, 2.45) is 5.41 Å². The lowest BCUT2D eigenvalue weighted by molar-refractivity contribution is -0.174. The molecule has 6 heteroatoms. The van der Waals surface area contributed by atoms with Crippen LogP contribution >= 0.6 is 0 Å². The predicted molar refractivity (Wildman–Crippen MR) is 200 cm³/mol. The Morgan fingerprint density at radius 1 is 0.447 bits per heavy atom. The minimum atomic E-state index is -1.18. The maximum atomic E-state index is 13.6. The predicted octanol–water partition coefficient (Wildman–Crippen LogP) is 11.4. The van der Waals surface area contributed by atoms with Crippen molar-refractivity contribution in [1.82, 2.24) is 4.90 Å². The van der Waals surface area contributed by atoms with Gasteiger partial charge >= 0.3 is 11.9 Å². The van der Waals surface area contributed by atoms with E-state index in [2.05, 4.69) is 25.7 Å². The second kappa shape index (κ2) is 34.7. The molecule has 6 nitrogen and oxygen atoms in total. The lowest BCUT2D eigenvalue weighted by Gasteiger charge is -2.29. The molecular formula is C41H81NO5. The Labute approximate surface area is 292 Å². The van der Waals surface area contributed by atoms with Crippen LogP contribution in [0.25, 0.3) is 0 Å². The first-order valence-corrected chi connectivity index (χ1v) is 20.7. The van der Waals surface area contributed by atoms with E-state index < -0.39 is 5.41 Å². The van der Waals surface area contributed by atoms with Gasteiger partial charge in [0, 0.05) is 13.2 Å². The van der Waals surface area contributed by atoms with Gasteiger partial charge in [0.15, 0.2) is 5.41 Å². The molecule has 0 saturated carbocycles. The second-order valence-corrected chi connectivity index (χ2v) is 14.2. The Hall–Kier alpha value is -1.14. The molecule has 0 bridgehead atoms. The molecule has 0 aliphatic heterocycles. The smallest absolute Gasteiger partial charge is 0.323 e. The third kappa shape index (κ3) is 25.5. The normalized spacial score (nSPS) is 11.8. The van der Waals surface area contributed by atoms with Gasteiger partial charge in [-0.2, -0.15) is 0 Å². The van der Waals surface area contributed by atoms with Crippen LogP contribution in [0.2, 0.25) is 0 Å². The van der Waals surface area contributed by atoms with E-state index in [1.165, 1.54) is 103 Å². The molecule has 0 rings (SSSR count). The number of unbranched alkanes of at least 4 members (excludes halogenated alkanes) is 20. The molecule has 0 atom stereocenters. The average molecular weight is 668 g/mol. The molecule has 1 N–H and O–H groups in total. The lowest BCUT2D eigenvalue weighted by atomic mass is 9.78. The highest BCUT2D eigenvalue weighted by Crippen LogP contribution is 2.35. The Balaban J connectivity index is 4.90. The number of ether oxygens (including phenoxy) is 2. The summed E-state index contributed by atoms with van der Waals surface area (Å²) in [5.41, 5.74) is -1.18. The van der Waals surface area contributed by atoms with E-state index in [0.29, 0.717) is 26.1 Å².